The summed E-state index contributed by atoms with van der Waals surface area (Å²) in [5.41, 5.74) is 3.06. The smallest absolute Gasteiger partial charge is 0.00177 e. The third-order valence-corrected chi connectivity index (χ3v) is 5.03. The Morgan fingerprint density at radius 1 is 1.21 bits per heavy atom. The van der Waals surface area contributed by atoms with Crippen LogP contribution in [-0.4, -0.2) is 13.6 Å². The molecule has 3 atom stereocenters. The van der Waals surface area contributed by atoms with Crippen LogP contribution in [0.15, 0.2) is 24.3 Å². The Bertz CT molecular complexity index is 396. The second-order valence-corrected chi connectivity index (χ2v) is 6.60. The second-order valence-electron chi connectivity index (χ2n) is 6.60. The monoisotopic (exact) mass is 259 g/mol. The molecule has 1 saturated carbocycles. The van der Waals surface area contributed by atoms with Gasteiger partial charge in [0.1, 0.15) is 0 Å². The van der Waals surface area contributed by atoms with Crippen molar-refractivity contribution in [1.29, 1.82) is 0 Å². The Morgan fingerprint density at radius 2 is 1.95 bits per heavy atom. The van der Waals surface area contributed by atoms with Crippen LogP contribution in [0, 0.1) is 24.7 Å². The van der Waals surface area contributed by atoms with E-state index < -0.39 is 0 Å². The first-order chi connectivity index (χ1) is 9.13. The van der Waals surface area contributed by atoms with Gasteiger partial charge in [0.05, 0.1) is 0 Å². The van der Waals surface area contributed by atoms with Gasteiger partial charge in [-0.2, -0.15) is 0 Å². The van der Waals surface area contributed by atoms with Crippen LogP contribution < -0.4 is 5.32 Å². The molecule has 3 unspecified atom stereocenters. The maximum atomic E-state index is 3.40. The summed E-state index contributed by atoms with van der Waals surface area (Å²) in [5.74, 6) is 3.27. The van der Waals surface area contributed by atoms with Crippen LogP contribution in [-0.2, 0) is 0 Å². The highest BCUT2D eigenvalue weighted by atomic mass is 14.8. The Hall–Kier alpha value is -0.820. The van der Waals surface area contributed by atoms with Gasteiger partial charge in [0.25, 0.3) is 0 Å². The SMILES string of the molecule is CNCC1CCC(C(C)C)CC1c1ccccc1C. The third-order valence-electron chi connectivity index (χ3n) is 5.03. The van der Waals surface area contributed by atoms with Gasteiger partial charge in [-0.05, 0) is 74.6 Å². The Balaban J connectivity index is 2.23. The van der Waals surface area contributed by atoms with Gasteiger partial charge in [0.15, 0.2) is 0 Å². The molecule has 1 heteroatoms. The van der Waals surface area contributed by atoms with Crippen LogP contribution in [0.2, 0.25) is 0 Å². The lowest BCUT2D eigenvalue weighted by molar-refractivity contribution is 0.192. The largest absolute Gasteiger partial charge is 0.319 e. The molecule has 1 aromatic carbocycles. The van der Waals surface area contributed by atoms with E-state index in [0.29, 0.717) is 0 Å². The van der Waals surface area contributed by atoms with Crippen LogP contribution in [0.25, 0.3) is 0 Å². The van der Waals surface area contributed by atoms with E-state index in [2.05, 4.69) is 57.4 Å². The van der Waals surface area contributed by atoms with Crippen molar-refractivity contribution in [2.45, 2.75) is 46.0 Å². The van der Waals surface area contributed by atoms with Crippen molar-refractivity contribution in [1.82, 2.24) is 5.32 Å². The fraction of sp³-hybridized carbons (Fsp3) is 0.667. The lowest BCUT2D eigenvalue weighted by atomic mass is 9.67. The molecule has 106 valence electrons. The summed E-state index contributed by atoms with van der Waals surface area (Å²) in [6.45, 7) is 8.20. The molecule has 1 aromatic rings. The van der Waals surface area contributed by atoms with Crippen LogP contribution in [0.1, 0.15) is 50.2 Å². The topological polar surface area (TPSA) is 12.0 Å². The highest BCUT2D eigenvalue weighted by molar-refractivity contribution is 5.30. The zero-order valence-corrected chi connectivity index (χ0v) is 12.9. The minimum Gasteiger partial charge on any atom is -0.319 e. The van der Waals surface area contributed by atoms with E-state index in [1.165, 1.54) is 24.8 Å². The average Bonchev–Trinajstić information content (AvgIpc) is 2.40. The maximum Gasteiger partial charge on any atom is -0.00177 e. The Morgan fingerprint density at radius 3 is 2.58 bits per heavy atom. The van der Waals surface area contributed by atoms with Gasteiger partial charge in [0.2, 0.25) is 0 Å². The Labute approximate surface area is 118 Å². The van der Waals surface area contributed by atoms with Gasteiger partial charge in [0, 0.05) is 0 Å². The number of benzene rings is 1. The van der Waals surface area contributed by atoms with E-state index in [0.717, 1.165) is 30.2 Å². The van der Waals surface area contributed by atoms with Gasteiger partial charge in [-0.15, -0.1) is 0 Å². The molecule has 0 radical (unpaired) electrons. The molecule has 0 heterocycles. The van der Waals surface area contributed by atoms with Crippen LogP contribution in [0.3, 0.4) is 0 Å². The molecule has 0 aromatic heterocycles. The van der Waals surface area contributed by atoms with Crippen molar-refractivity contribution in [3.63, 3.8) is 0 Å². The van der Waals surface area contributed by atoms with E-state index in [-0.39, 0.29) is 0 Å². The van der Waals surface area contributed by atoms with Crippen molar-refractivity contribution in [2.24, 2.45) is 17.8 Å². The zero-order valence-electron chi connectivity index (χ0n) is 12.9. The predicted octanol–water partition coefficient (Wildman–Crippen LogP) is 4.37. The molecule has 1 nitrogen and oxygen atoms in total. The molecule has 2 rings (SSSR count). The highest BCUT2D eigenvalue weighted by Crippen LogP contribution is 2.43. The number of rotatable bonds is 4. The van der Waals surface area contributed by atoms with E-state index in [1.807, 2.05) is 0 Å². The number of hydrogen-bond acceptors (Lipinski definition) is 1. The van der Waals surface area contributed by atoms with Crippen molar-refractivity contribution in [2.75, 3.05) is 13.6 Å². The minimum absolute atomic E-state index is 0.745. The molecule has 0 aliphatic heterocycles. The fourth-order valence-corrected chi connectivity index (χ4v) is 3.76. The fourth-order valence-electron chi connectivity index (χ4n) is 3.76. The normalized spacial score (nSPS) is 27.7. The molecule has 0 spiro atoms. The lowest BCUT2D eigenvalue weighted by Crippen LogP contribution is -2.32. The average molecular weight is 259 g/mol. The second kappa shape index (κ2) is 6.56. The summed E-state index contributed by atoms with van der Waals surface area (Å²) in [6.07, 6.45) is 4.16. The lowest BCUT2D eigenvalue weighted by Gasteiger charge is -2.39. The van der Waals surface area contributed by atoms with Crippen molar-refractivity contribution in [3.05, 3.63) is 35.4 Å². The van der Waals surface area contributed by atoms with Gasteiger partial charge >= 0.3 is 0 Å². The molecule has 1 fully saturated rings. The molecule has 1 aliphatic rings. The van der Waals surface area contributed by atoms with Gasteiger partial charge in [-0.25, -0.2) is 0 Å². The summed E-state index contributed by atoms with van der Waals surface area (Å²) in [5, 5.41) is 3.40. The summed E-state index contributed by atoms with van der Waals surface area (Å²) in [6, 6.07) is 8.99. The van der Waals surface area contributed by atoms with Crippen molar-refractivity contribution < 1.29 is 0 Å². The highest BCUT2D eigenvalue weighted by Gasteiger charge is 2.32. The van der Waals surface area contributed by atoms with E-state index in [9.17, 15) is 0 Å². The Kier molecular flexibility index (Phi) is 5.04. The molecule has 0 saturated heterocycles. The summed E-state index contributed by atoms with van der Waals surface area (Å²) in [7, 11) is 2.09. The first-order valence-corrected chi connectivity index (χ1v) is 7.83. The summed E-state index contributed by atoms with van der Waals surface area (Å²) in [4.78, 5) is 0. The van der Waals surface area contributed by atoms with Crippen molar-refractivity contribution in [3.8, 4) is 0 Å². The first-order valence-electron chi connectivity index (χ1n) is 7.83. The molecule has 19 heavy (non-hydrogen) atoms. The predicted molar refractivity (Wildman–Crippen MR) is 83.5 cm³/mol. The standard InChI is InChI=1S/C18H29N/c1-13(2)15-9-10-16(12-19-4)18(11-15)17-8-6-5-7-14(17)3/h5-8,13,15-16,18-19H,9-12H2,1-4H3. The van der Waals surface area contributed by atoms with Crippen LogP contribution in [0.5, 0.6) is 0 Å². The first kappa shape index (κ1) is 14.6. The molecule has 0 amide bonds. The van der Waals surface area contributed by atoms with Crippen LogP contribution in [0.4, 0.5) is 0 Å². The van der Waals surface area contributed by atoms with E-state index >= 15 is 0 Å². The number of hydrogen-bond donors (Lipinski definition) is 1. The molecule has 1 N–H and O–H groups in total. The zero-order chi connectivity index (χ0) is 13.8. The maximum absolute atomic E-state index is 3.40. The van der Waals surface area contributed by atoms with E-state index in [4.69, 9.17) is 0 Å². The molecular formula is C18H29N. The van der Waals surface area contributed by atoms with Gasteiger partial charge in [-0.1, -0.05) is 38.1 Å². The van der Waals surface area contributed by atoms with Gasteiger partial charge in [-0.3, -0.25) is 0 Å². The molecule has 0 bridgehead atoms. The van der Waals surface area contributed by atoms with Crippen molar-refractivity contribution >= 4 is 0 Å². The van der Waals surface area contributed by atoms with Crippen LogP contribution >= 0.6 is 0 Å². The third kappa shape index (κ3) is 3.39. The summed E-state index contributed by atoms with van der Waals surface area (Å²) < 4.78 is 0. The minimum atomic E-state index is 0.745. The quantitative estimate of drug-likeness (QED) is 0.846. The summed E-state index contributed by atoms with van der Waals surface area (Å²) >= 11 is 0. The number of aryl methyl sites for hydroxylation is 1. The van der Waals surface area contributed by atoms with E-state index in [1.54, 1.807) is 5.56 Å². The number of nitrogens with one attached hydrogen (secondary N) is 1. The molecular weight excluding hydrogens is 230 g/mol. The molecule has 1 aliphatic carbocycles. The van der Waals surface area contributed by atoms with Gasteiger partial charge < -0.3 is 5.32 Å².